The summed E-state index contributed by atoms with van der Waals surface area (Å²) >= 11 is 1.17. The maximum atomic E-state index is 12.1. The molecular weight excluding hydrogens is 346 g/mol. The van der Waals surface area contributed by atoms with Crippen LogP contribution >= 0.6 is 11.3 Å². The molecule has 0 bridgehead atoms. The van der Waals surface area contributed by atoms with Gasteiger partial charge >= 0.3 is 11.0 Å². The van der Waals surface area contributed by atoms with Crippen molar-refractivity contribution in [2.45, 2.75) is 38.5 Å². The predicted octanol–water partition coefficient (Wildman–Crippen LogP) is 2.21. The maximum absolute atomic E-state index is 12.1. The second kappa shape index (κ2) is 8.26. The molecule has 0 aromatic carbocycles. The van der Waals surface area contributed by atoms with E-state index in [1.54, 1.807) is 17.8 Å². The molecule has 0 spiro atoms. The molecule has 1 saturated heterocycles. The van der Waals surface area contributed by atoms with Crippen LogP contribution in [-0.2, 0) is 4.74 Å². The molecule has 0 aliphatic carbocycles. The number of anilines is 1. The lowest BCUT2D eigenvalue weighted by Crippen LogP contribution is -2.20. The van der Waals surface area contributed by atoms with E-state index in [4.69, 9.17) is 9.84 Å². The molecule has 3 rings (SSSR count). The summed E-state index contributed by atoms with van der Waals surface area (Å²) < 4.78 is 8.37. The molecule has 10 heteroatoms. The Morgan fingerprint density at radius 2 is 2.20 bits per heavy atom. The van der Waals surface area contributed by atoms with E-state index in [2.05, 4.69) is 22.2 Å². The molecular formula is C15H23N5O4S. The summed E-state index contributed by atoms with van der Waals surface area (Å²) in [7, 11) is 4.71. The number of carboxylic acid groups (broad SMARTS) is 1. The van der Waals surface area contributed by atoms with Gasteiger partial charge in [0.05, 0.1) is 17.0 Å². The Hall–Kier alpha value is -2.20. The van der Waals surface area contributed by atoms with Gasteiger partial charge in [-0.1, -0.05) is 18.3 Å². The molecule has 2 atom stereocenters. The summed E-state index contributed by atoms with van der Waals surface area (Å²) in [6.07, 6.45) is 3.67. The molecule has 1 aliphatic rings. The Bertz CT molecular complexity index is 788. The molecule has 1 aliphatic heterocycles. The van der Waals surface area contributed by atoms with Crippen molar-refractivity contribution >= 4 is 33.7 Å². The van der Waals surface area contributed by atoms with Crippen LogP contribution < -0.4 is 10.2 Å². The second-order valence-electron chi connectivity index (χ2n) is 5.74. The van der Waals surface area contributed by atoms with E-state index in [1.165, 1.54) is 25.4 Å². The summed E-state index contributed by atoms with van der Waals surface area (Å²) in [6.45, 7) is 2.10. The van der Waals surface area contributed by atoms with Crippen LogP contribution in [0, 0.1) is 0 Å². The number of hydrogen-bond acceptors (Lipinski definition) is 7. The molecule has 1 fully saturated rings. The molecule has 2 aromatic heterocycles. The highest BCUT2D eigenvalue weighted by Gasteiger charge is 2.28. The van der Waals surface area contributed by atoms with Gasteiger partial charge in [0.1, 0.15) is 6.23 Å². The fourth-order valence-corrected chi connectivity index (χ4v) is 3.22. The normalized spacial score (nSPS) is 19.4. The zero-order chi connectivity index (χ0) is 18.6. The summed E-state index contributed by atoms with van der Waals surface area (Å²) in [5.74, 6) is 0.518. The van der Waals surface area contributed by atoms with Gasteiger partial charge in [0.25, 0.3) is 0 Å². The van der Waals surface area contributed by atoms with Crippen molar-refractivity contribution in [3.05, 3.63) is 15.9 Å². The molecule has 2 unspecified atom stereocenters. The third-order valence-corrected chi connectivity index (χ3v) is 4.67. The van der Waals surface area contributed by atoms with Gasteiger partial charge in [0, 0.05) is 21.1 Å². The highest BCUT2D eigenvalue weighted by molar-refractivity contribution is 7.16. The van der Waals surface area contributed by atoms with Gasteiger partial charge in [-0.15, -0.1) is 0 Å². The zero-order valence-corrected chi connectivity index (χ0v) is 15.5. The number of hydrogen-bond donors (Lipinski definition) is 2. The minimum absolute atomic E-state index is 0.0284. The number of thiazole rings is 1. The number of nitrogens with one attached hydrogen (secondary N) is 1. The van der Waals surface area contributed by atoms with Crippen molar-refractivity contribution in [2.24, 2.45) is 0 Å². The van der Waals surface area contributed by atoms with Gasteiger partial charge in [-0.2, -0.15) is 4.98 Å². The fraction of sp³-hybridized carbons (Fsp3) is 0.600. The maximum Gasteiger partial charge on any atom is 0.406 e. The zero-order valence-electron chi connectivity index (χ0n) is 14.7. The third kappa shape index (κ3) is 4.45. The van der Waals surface area contributed by atoms with E-state index < -0.39 is 6.09 Å². The number of carbonyl (C=O) groups is 1. The van der Waals surface area contributed by atoms with E-state index in [9.17, 15) is 9.59 Å². The predicted molar refractivity (Wildman–Crippen MR) is 96.4 cm³/mol. The molecule has 0 saturated carbocycles. The minimum Gasteiger partial charge on any atom is -0.465 e. The molecule has 9 nitrogen and oxygen atoms in total. The number of fused-ring (bicyclic) bond motifs is 1. The van der Waals surface area contributed by atoms with Crippen LogP contribution in [0.2, 0.25) is 0 Å². The van der Waals surface area contributed by atoms with Crippen LogP contribution in [0.25, 0.3) is 10.3 Å². The van der Waals surface area contributed by atoms with Gasteiger partial charge in [-0.25, -0.2) is 9.78 Å². The lowest BCUT2D eigenvalue weighted by atomic mass is 10.2. The standard InChI is InChI=1S/C12H16N4O2S.C3H7NO2/c1-3-7-4-5-9(18-7)16-10-8(19-12(16)17)6-14-11(13-2)15-10;1-4(2)3(5)6/h6-7,9H,3-5H2,1-2H3,(H,13,14,15);1-2H3,(H,5,6). The molecule has 25 heavy (non-hydrogen) atoms. The number of ether oxygens (including phenoxy) is 1. The molecule has 3 heterocycles. The van der Waals surface area contributed by atoms with Crippen LogP contribution in [0.4, 0.5) is 10.7 Å². The number of amides is 1. The van der Waals surface area contributed by atoms with E-state index in [0.29, 0.717) is 11.6 Å². The van der Waals surface area contributed by atoms with Crippen LogP contribution in [-0.4, -0.2) is 57.9 Å². The molecule has 2 aromatic rings. The first kappa shape index (κ1) is 19.1. The quantitative estimate of drug-likeness (QED) is 0.853. The highest BCUT2D eigenvalue weighted by atomic mass is 32.1. The van der Waals surface area contributed by atoms with E-state index in [1.807, 2.05) is 0 Å². The lowest BCUT2D eigenvalue weighted by molar-refractivity contribution is 0.00198. The summed E-state index contributed by atoms with van der Waals surface area (Å²) in [5.41, 5.74) is 0.663. The largest absolute Gasteiger partial charge is 0.465 e. The van der Waals surface area contributed by atoms with Crippen LogP contribution in [0.5, 0.6) is 0 Å². The van der Waals surface area contributed by atoms with Gasteiger partial charge in [0.15, 0.2) is 5.65 Å². The highest BCUT2D eigenvalue weighted by Crippen LogP contribution is 2.31. The Morgan fingerprint density at radius 3 is 2.72 bits per heavy atom. The van der Waals surface area contributed by atoms with Crippen molar-refractivity contribution < 1.29 is 14.6 Å². The second-order valence-corrected chi connectivity index (χ2v) is 6.74. The van der Waals surface area contributed by atoms with Gasteiger partial charge in [-0.05, 0) is 19.3 Å². The van der Waals surface area contributed by atoms with Crippen molar-refractivity contribution in [3.63, 3.8) is 0 Å². The molecule has 138 valence electrons. The Balaban J connectivity index is 0.000000326. The fourth-order valence-electron chi connectivity index (χ4n) is 2.39. The summed E-state index contributed by atoms with van der Waals surface area (Å²) in [4.78, 5) is 31.3. The Morgan fingerprint density at radius 1 is 1.52 bits per heavy atom. The average Bonchev–Trinajstić information content (AvgIpc) is 3.17. The first-order chi connectivity index (χ1) is 11.9. The average molecular weight is 369 g/mol. The van der Waals surface area contributed by atoms with Gasteiger partial charge in [-0.3, -0.25) is 9.36 Å². The number of nitrogens with zero attached hydrogens (tertiary/aromatic N) is 4. The number of rotatable bonds is 3. The first-order valence-electron chi connectivity index (χ1n) is 7.98. The summed E-state index contributed by atoms with van der Waals surface area (Å²) in [5, 5.41) is 10.8. The smallest absolute Gasteiger partial charge is 0.406 e. The summed E-state index contributed by atoms with van der Waals surface area (Å²) in [6, 6.07) is 0. The lowest BCUT2D eigenvalue weighted by Gasteiger charge is -2.13. The van der Waals surface area contributed by atoms with Crippen molar-refractivity contribution in [3.8, 4) is 0 Å². The van der Waals surface area contributed by atoms with Gasteiger partial charge < -0.3 is 20.1 Å². The van der Waals surface area contributed by atoms with E-state index in [-0.39, 0.29) is 17.2 Å². The van der Waals surface area contributed by atoms with E-state index >= 15 is 0 Å². The van der Waals surface area contributed by atoms with Crippen molar-refractivity contribution in [2.75, 3.05) is 26.5 Å². The minimum atomic E-state index is -0.907. The number of aromatic nitrogens is 3. The monoisotopic (exact) mass is 369 g/mol. The van der Waals surface area contributed by atoms with Crippen molar-refractivity contribution in [1.29, 1.82) is 0 Å². The van der Waals surface area contributed by atoms with Gasteiger partial charge in [0.2, 0.25) is 5.95 Å². The SMILES string of the molecule is CCC1CCC(n2c(=O)sc3cnc(NC)nc32)O1.CN(C)C(=O)O. The van der Waals surface area contributed by atoms with E-state index in [0.717, 1.165) is 28.9 Å². The van der Waals surface area contributed by atoms with Crippen molar-refractivity contribution in [1.82, 2.24) is 19.4 Å². The molecule has 0 radical (unpaired) electrons. The topological polar surface area (TPSA) is 110 Å². The van der Waals surface area contributed by atoms with Crippen LogP contribution in [0.15, 0.2) is 11.0 Å². The Labute approximate surface area is 149 Å². The molecule has 1 amide bonds. The van der Waals surface area contributed by atoms with Crippen LogP contribution in [0.1, 0.15) is 32.4 Å². The third-order valence-electron chi connectivity index (χ3n) is 3.79. The molecule has 2 N–H and O–H groups in total. The van der Waals surface area contributed by atoms with Crippen LogP contribution in [0.3, 0.4) is 0 Å². The Kier molecular flexibility index (Phi) is 6.32. The first-order valence-corrected chi connectivity index (χ1v) is 8.80.